The number of fused-ring (bicyclic) bond motifs is 2. The van der Waals surface area contributed by atoms with Gasteiger partial charge in [0.15, 0.2) is 5.69 Å². The van der Waals surface area contributed by atoms with Gasteiger partial charge in [0.2, 0.25) is 5.69 Å². The van der Waals surface area contributed by atoms with Crippen LogP contribution in [0.4, 0.5) is 0 Å². The Bertz CT molecular complexity index is 2380. The number of nitrogens with zero attached hydrogens (tertiary/aromatic N) is 6. The number of aromatic nitrogens is 4. The quantitative estimate of drug-likeness (QED) is 0.0575. The van der Waals surface area contributed by atoms with E-state index in [-0.39, 0.29) is 17.8 Å². The number of benzene rings is 2. The topological polar surface area (TPSA) is 331 Å². The SMILES string of the molecule is Cc1cc2nc(C(=O)NCCN3CCCCC3)c(=O)n(C[C@H](O)[C@H](O)[C@H](O)CO)c2cc1C.Cc1cc2nc(C(=O)O)c(=O)n(C[C@H](O)[C@H](O)[C@H](O)CO)c2cc1C.NCCN1CCCCC1. The number of carboxylic acids is 1. The number of aromatic carboxylic acids is 1. The van der Waals surface area contributed by atoms with E-state index in [0.717, 1.165) is 65.8 Å². The lowest BCUT2D eigenvalue weighted by atomic mass is 10.1. The molecule has 4 aromatic rings. The summed E-state index contributed by atoms with van der Waals surface area (Å²) < 4.78 is 2.18. The highest BCUT2D eigenvalue weighted by atomic mass is 16.4. The fraction of sp³-hybridized carbons (Fsp3) is 0.609. The summed E-state index contributed by atoms with van der Waals surface area (Å²) in [6.07, 6.45) is -2.02. The van der Waals surface area contributed by atoms with Gasteiger partial charge in [-0.3, -0.25) is 14.4 Å². The monoisotopic (exact) mass is 943 g/mol. The van der Waals surface area contributed by atoms with Gasteiger partial charge in [-0.1, -0.05) is 12.8 Å². The molecule has 12 N–H and O–H groups in total. The van der Waals surface area contributed by atoms with Crippen LogP contribution >= 0.6 is 0 Å². The van der Waals surface area contributed by atoms with Gasteiger partial charge >= 0.3 is 5.97 Å². The molecule has 67 heavy (non-hydrogen) atoms. The van der Waals surface area contributed by atoms with Crippen molar-refractivity contribution >= 4 is 33.9 Å². The average Bonchev–Trinajstić information content (AvgIpc) is 3.31. The van der Waals surface area contributed by atoms with Crippen molar-refractivity contribution in [1.29, 1.82) is 0 Å². The molecule has 2 aliphatic heterocycles. The van der Waals surface area contributed by atoms with Crippen LogP contribution in [0, 0.1) is 27.7 Å². The Kier molecular flexibility index (Phi) is 21.4. The fourth-order valence-corrected chi connectivity index (χ4v) is 7.92. The number of carbonyl (C=O) groups excluding carboxylic acids is 1. The predicted octanol–water partition coefficient (Wildman–Crippen LogP) is -1.48. The van der Waals surface area contributed by atoms with E-state index in [1.807, 2.05) is 20.8 Å². The van der Waals surface area contributed by atoms with Crippen LogP contribution in [0.25, 0.3) is 22.1 Å². The van der Waals surface area contributed by atoms with E-state index < -0.39 is 85.1 Å². The van der Waals surface area contributed by atoms with Crippen molar-refractivity contribution in [3.8, 4) is 0 Å². The van der Waals surface area contributed by atoms with Gasteiger partial charge in [0, 0.05) is 26.2 Å². The van der Waals surface area contributed by atoms with Crippen molar-refractivity contribution in [2.24, 2.45) is 5.73 Å². The zero-order valence-corrected chi connectivity index (χ0v) is 38.9. The third kappa shape index (κ3) is 14.9. The van der Waals surface area contributed by atoms with Crippen LogP contribution in [0.2, 0.25) is 0 Å². The molecule has 2 saturated heterocycles. The summed E-state index contributed by atoms with van der Waals surface area (Å²) in [4.78, 5) is 62.7. The highest BCUT2D eigenvalue weighted by molar-refractivity contribution is 5.94. The Morgan fingerprint density at radius 2 is 1.00 bits per heavy atom. The van der Waals surface area contributed by atoms with E-state index in [1.165, 1.54) is 43.3 Å². The molecule has 0 bridgehead atoms. The van der Waals surface area contributed by atoms with E-state index in [9.17, 15) is 54.9 Å². The molecule has 0 spiro atoms. The number of aliphatic hydroxyl groups excluding tert-OH is 8. The van der Waals surface area contributed by atoms with Gasteiger partial charge in [0.25, 0.3) is 17.0 Å². The van der Waals surface area contributed by atoms with E-state index in [1.54, 1.807) is 31.2 Å². The molecule has 2 aromatic heterocycles. The molecule has 0 aliphatic carbocycles. The number of carbonyl (C=O) groups is 2. The number of rotatable bonds is 17. The zero-order valence-electron chi connectivity index (χ0n) is 38.9. The third-order valence-corrected chi connectivity index (χ3v) is 12.3. The highest BCUT2D eigenvalue weighted by Crippen LogP contribution is 2.20. The average molecular weight is 943 g/mol. The number of piperidine rings is 2. The lowest BCUT2D eigenvalue weighted by Gasteiger charge is -2.26. The lowest BCUT2D eigenvalue weighted by Crippen LogP contribution is -2.44. The maximum atomic E-state index is 13.2. The maximum absolute atomic E-state index is 13.2. The summed E-state index contributed by atoms with van der Waals surface area (Å²) in [5.41, 5.74) is 7.62. The molecule has 372 valence electrons. The minimum absolute atomic E-state index is 0.254. The second-order valence-electron chi connectivity index (χ2n) is 17.4. The van der Waals surface area contributed by atoms with Crippen molar-refractivity contribution < 1.29 is 55.5 Å². The summed E-state index contributed by atoms with van der Waals surface area (Å²) >= 11 is 0. The number of nitrogens with one attached hydrogen (secondary N) is 1. The Morgan fingerprint density at radius 3 is 1.40 bits per heavy atom. The standard InChI is InChI=1S/C23H34N4O6.C16H20N2O7.C7H16N2/c1-14-10-16-17(11-15(14)2)27(12-18(29)21(31)19(30)13-28)23(33)20(25-16)22(32)24-6-9-26-7-4-3-5-8-26;1-7-3-9-10(4-8(7)2)18(15(23)13(17-9)16(24)25)5-11(20)14(22)12(21)6-19;8-4-7-9-5-2-1-3-6-9/h10-11,18-19,21,28-31H,3-9,12-13H2,1-2H3,(H,24,32);3-4,11-12,14,19-22H,5-6H2,1-2H3,(H,24,25);1-8H2/t18-,19+,21-;11-,12+,14-;/m00./s1. The number of aliphatic hydroxyl groups is 8. The summed E-state index contributed by atoms with van der Waals surface area (Å²) in [5.74, 6) is -2.11. The van der Waals surface area contributed by atoms with Crippen LogP contribution in [-0.2, 0) is 13.1 Å². The minimum Gasteiger partial charge on any atom is -0.476 e. The second kappa shape index (κ2) is 26.1. The Labute approximate surface area is 388 Å². The number of likely N-dealkylation sites (tertiary alicyclic amines) is 2. The number of carboxylic acid groups (broad SMARTS) is 1. The van der Waals surface area contributed by atoms with Crippen LogP contribution in [0.3, 0.4) is 0 Å². The fourth-order valence-electron chi connectivity index (χ4n) is 7.92. The molecule has 0 unspecified atom stereocenters. The first-order valence-corrected chi connectivity index (χ1v) is 22.8. The van der Waals surface area contributed by atoms with Crippen LogP contribution in [0.1, 0.15) is 81.8 Å². The Hall–Kier alpha value is -4.78. The predicted molar refractivity (Wildman–Crippen MR) is 250 cm³/mol. The normalized spacial score (nSPS) is 17.3. The van der Waals surface area contributed by atoms with Gasteiger partial charge in [-0.2, -0.15) is 0 Å². The number of amides is 1. The molecule has 1 amide bonds. The molecular formula is C46H70N8O13. The smallest absolute Gasteiger partial charge is 0.360 e. The molecule has 21 heteroatoms. The summed E-state index contributed by atoms with van der Waals surface area (Å²) in [6.45, 7) is 12.5. The number of hydrogen-bond acceptors (Lipinski definition) is 17. The Morgan fingerprint density at radius 1 is 0.612 bits per heavy atom. The molecule has 21 nitrogen and oxygen atoms in total. The second-order valence-corrected chi connectivity index (χ2v) is 17.4. The third-order valence-electron chi connectivity index (χ3n) is 12.3. The van der Waals surface area contributed by atoms with Gasteiger partial charge in [-0.05, 0) is 126 Å². The molecule has 2 aromatic carbocycles. The molecule has 2 fully saturated rings. The van der Waals surface area contributed by atoms with E-state index >= 15 is 0 Å². The van der Waals surface area contributed by atoms with Crippen LogP contribution in [0.5, 0.6) is 0 Å². The van der Waals surface area contributed by atoms with Gasteiger partial charge in [0.05, 0.1) is 48.4 Å². The van der Waals surface area contributed by atoms with Crippen molar-refractivity contribution in [1.82, 2.24) is 34.2 Å². The van der Waals surface area contributed by atoms with E-state index in [0.29, 0.717) is 29.6 Å². The van der Waals surface area contributed by atoms with Crippen molar-refractivity contribution in [3.05, 3.63) is 78.6 Å². The molecule has 0 saturated carbocycles. The highest BCUT2D eigenvalue weighted by Gasteiger charge is 2.29. The first-order valence-electron chi connectivity index (χ1n) is 22.8. The van der Waals surface area contributed by atoms with Crippen molar-refractivity contribution in [2.75, 3.05) is 65.6 Å². The maximum Gasteiger partial charge on any atom is 0.360 e. The minimum atomic E-state index is -1.71. The molecule has 2 aliphatic rings. The summed E-state index contributed by atoms with van der Waals surface area (Å²) in [5, 5.41) is 89.2. The molecule has 0 radical (unpaired) electrons. The molecule has 4 heterocycles. The summed E-state index contributed by atoms with van der Waals surface area (Å²) in [7, 11) is 0. The molecular weight excluding hydrogens is 873 g/mol. The van der Waals surface area contributed by atoms with Crippen molar-refractivity contribution in [2.45, 2.75) is 116 Å². The van der Waals surface area contributed by atoms with Crippen molar-refractivity contribution in [3.63, 3.8) is 0 Å². The lowest BCUT2D eigenvalue weighted by molar-refractivity contribution is -0.0805. The van der Waals surface area contributed by atoms with Crippen LogP contribution < -0.4 is 22.2 Å². The number of aryl methyl sites for hydroxylation is 4. The van der Waals surface area contributed by atoms with Gasteiger partial charge in [-0.25, -0.2) is 14.8 Å². The largest absolute Gasteiger partial charge is 0.476 e. The molecule has 6 atom stereocenters. The van der Waals surface area contributed by atoms with Gasteiger partial charge < -0.3 is 75.9 Å². The van der Waals surface area contributed by atoms with Crippen LogP contribution in [0.15, 0.2) is 33.9 Å². The number of hydrogen-bond donors (Lipinski definition) is 11. The van der Waals surface area contributed by atoms with Crippen LogP contribution in [-0.4, -0.2) is 189 Å². The Balaban J connectivity index is 0.000000253. The molecule has 6 rings (SSSR count). The number of nitrogens with two attached hydrogens (primary N) is 1. The van der Waals surface area contributed by atoms with Gasteiger partial charge in [0.1, 0.15) is 36.6 Å². The van der Waals surface area contributed by atoms with E-state index in [2.05, 4.69) is 25.1 Å². The van der Waals surface area contributed by atoms with Gasteiger partial charge in [-0.15, -0.1) is 0 Å². The zero-order chi connectivity index (χ0) is 49.5. The first-order chi connectivity index (χ1) is 31.8. The van der Waals surface area contributed by atoms with E-state index in [4.69, 9.17) is 15.9 Å². The first kappa shape index (κ1) is 54.8. The summed E-state index contributed by atoms with van der Waals surface area (Å²) in [6, 6.07) is 6.75.